The van der Waals surface area contributed by atoms with Crippen LogP contribution in [0.15, 0.2) is 30.5 Å². The molecule has 1 unspecified atom stereocenters. The summed E-state index contributed by atoms with van der Waals surface area (Å²) >= 11 is 0. The number of rotatable bonds is 4. The Bertz CT molecular complexity index is 1030. The first kappa shape index (κ1) is 18.5. The van der Waals surface area contributed by atoms with E-state index in [0.717, 1.165) is 6.92 Å². The first-order valence-electron chi connectivity index (χ1n) is 8.13. The number of imidazole rings is 1. The van der Waals surface area contributed by atoms with Crippen LogP contribution >= 0.6 is 0 Å². The van der Waals surface area contributed by atoms with Crippen LogP contribution in [0.1, 0.15) is 31.7 Å². The van der Waals surface area contributed by atoms with E-state index in [2.05, 4.69) is 4.98 Å². The molecule has 9 heteroatoms. The molecule has 1 aromatic heterocycles. The third-order valence-electron chi connectivity index (χ3n) is 4.59. The van der Waals surface area contributed by atoms with E-state index in [-0.39, 0.29) is 34.8 Å². The largest absolute Gasteiger partial charge is 0.618 e. The summed E-state index contributed by atoms with van der Waals surface area (Å²) < 4.78 is 54.1. The minimum atomic E-state index is -3.54. The lowest BCUT2D eigenvalue weighted by Crippen LogP contribution is -2.39. The van der Waals surface area contributed by atoms with Crippen LogP contribution in [0.2, 0.25) is 0 Å². The molecule has 0 fully saturated rings. The molecule has 0 saturated heterocycles. The maximum absolute atomic E-state index is 13.6. The predicted molar refractivity (Wildman–Crippen MR) is 95.0 cm³/mol. The molecule has 1 atom stereocenters. The Morgan fingerprint density at radius 3 is 2.73 bits per heavy atom. The van der Waals surface area contributed by atoms with Crippen LogP contribution in [0.4, 0.5) is 8.78 Å². The molecule has 1 aromatic carbocycles. The Morgan fingerprint density at radius 2 is 2.12 bits per heavy atom. The molecule has 0 N–H and O–H groups in total. The highest BCUT2D eigenvalue weighted by atomic mass is 32.2. The van der Waals surface area contributed by atoms with Gasteiger partial charge in [0.1, 0.15) is 0 Å². The highest BCUT2D eigenvalue weighted by molar-refractivity contribution is 7.92. The summed E-state index contributed by atoms with van der Waals surface area (Å²) in [5, 5.41) is 11.4. The molecule has 0 radical (unpaired) electrons. The van der Waals surface area contributed by atoms with E-state index < -0.39 is 21.0 Å². The minimum Gasteiger partial charge on any atom is -0.618 e. The number of alkyl halides is 2. The van der Waals surface area contributed by atoms with Gasteiger partial charge in [0, 0.05) is 25.3 Å². The first-order chi connectivity index (χ1) is 12.1. The number of allylic oxidation sites excluding steroid dienone is 1. The van der Waals surface area contributed by atoms with Gasteiger partial charge in [-0.2, -0.15) is 4.74 Å². The van der Waals surface area contributed by atoms with Gasteiger partial charge in [0.25, 0.3) is 11.6 Å². The summed E-state index contributed by atoms with van der Waals surface area (Å²) in [6, 6.07) is 4.06. The van der Waals surface area contributed by atoms with Gasteiger partial charge in [0.05, 0.1) is 11.0 Å². The summed E-state index contributed by atoms with van der Waals surface area (Å²) in [6.45, 7) is 2.31. The standard InChI is InChI=1S/C17H19F2N3O3S/c1-4-26(24,25)14-6-5-9-22(23)15(14)16-20-12-10-11(17(2,18)19)7-8-13(12)21(16)3/h5,7-10,14H,4,6H2,1-3H3. The third kappa shape index (κ3) is 3.00. The molecule has 0 spiro atoms. The zero-order valence-corrected chi connectivity index (χ0v) is 15.4. The van der Waals surface area contributed by atoms with E-state index in [1.807, 2.05) is 0 Å². The lowest BCUT2D eigenvalue weighted by atomic mass is 10.1. The lowest BCUT2D eigenvalue weighted by molar-refractivity contribution is -0.381. The maximum Gasteiger partial charge on any atom is 0.270 e. The molecular formula is C17H19F2N3O3S. The molecule has 0 saturated carbocycles. The molecule has 2 heterocycles. The van der Waals surface area contributed by atoms with Crippen LogP contribution in [-0.4, -0.2) is 39.4 Å². The monoisotopic (exact) mass is 383 g/mol. The van der Waals surface area contributed by atoms with Gasteiger partial charge in [-0.25, -0.2) is 22.2 Å². The summed E-state index contributed by atoms with van der Waals surface area (Å²) in [4.78, 5) is 4.31. The SMILES string of the molecule is CCS(=O)(=O)C1CC=C[N+]([O-])=C1c1nc2cc(C(C)(F)F)ccc2n1C. The van der Waals surface area contributed by atoms with Crippen LogP contribution < -0.4 is 0 Å². The second-order valence-electron chi connectivity index (χ2n) is 6.36. The van der Waals surface area contributed by atoms with Crippen molar-refractivity contribution >= 4 is 26.6 Å². The molecule has 1 aliphatic heterocycles. The number of hydrogen-bond donors (Lipinski definition) is 0. The number of halogens is 2. The fourth-order valence-corrected chi connectivity index (χ4v) is 4.43. The number of nitrogens with zero attached hydrogens (tertiary/aromatic N) is 3. The van der Waals surface area contributed by atoms with Crippen LogP contribution in [-0.2, 0) is 22.8 Å². The van der Waals surface area contributed by atoms with Gasteiger partial charge in [0.15, 0.2) is 21.3 Å². The zero-order chi connectivity index (χ0) is 19.3. The van der Waals surface area contributed by atoms with Crippen molar-refractivity contribution in [2.24, 2.45) is 7.05 Å². The van der Waals surface area contributed by atoms with Gasteiger partial charge in [-0.05, 0) is 24.6 Å². The Morgan fingerprint density at radius 1 is 1.42 bits per heavy atom. The average molecular weight is 383 g/mol. The molecule has 1 aliphatic rings. The van der Waals surface area contributed by atoms with Crippen molar-refractivity contribution in [3.8, 4) is 0 Å². The number of hydroxylamine groups is 1. The van der Waals surface area contributed by atoms with Crippen molar-refractivity contribution in [3.05, 3.63) is 47.1 Å². The van der Waals surface area contributed by atoms with E-state index in [1.54, 1.807) is 11.6 Å². The molecule has 6 nitrogen and oxygen atoms in total. The summed E-state index contributed by atoms with van der Waals surface area (Å²) in [6.07, 6.45) is 2.93. The molecule has 0 bridgehead atoms. The van der Waals surface area contributed by atoms with Gasteiger partial charge in [-0.3, -0.25) is 0 Å². The summed E-state index contributed by atoms with van der Waals surface area (Å²) in [7, 11) is -1.91. The highest BCUT2D eigenvalue weighted by Crippen LogP contribution is 2.30. The molecule has 2 aromatic rings. The van der Waals surface area contributed by atoms with Crippen molar-refractivity contribution < 1.29 is 21.9 Å². The highest BCUT2D eigenvalue weighted by Gasteiger charge is 2.39. The zero-order valence-electron chi connectivity index (χ0n) is 14.6. The fraction of sp³-hybridized carbons (Fsp3) is 0.412. The molecule has 3 rings (SSSR count). The van der Waals surface area contributed by atoms with E-state index in [1.165, 1.54) is 37.4 Å². The van der Waals surface area contributed by atoms with Gasteiger partial charge in [0.2, 0.25) is 5.82 Å². The fourth-order valence-electron chi connectivity index (χ4n) is 3.08. The van der Waals surface area contributed by atoms with Gasteiger partial charge in [-0.1, -0.05) is 13.0 Å². The normalized spacial score (nSPS) is 18.7. The first-order valence-corrected chi connectivity index (χ1v) is 9.84. The Hall–Kier alpha value is -2.29. The number of aromatic nitrogens is 2. The van der Waals surface area contributed by atoms with Gasteiger partial charge < -0.3 is 9.77 Å². The smallest absolute Gasteiger partial charge is 0.270 e. The third-order valence-corrected chi connectivity index (χ3v) is 6.67. The van der Waals surface area contributed by atoms with Crippen LogP contribution in [0.3, 0.4) is 0 Å². The number of hydrogen-bond acceptors (Lipinski definition) is 4. The quantitative estimate of drug-likeness (QED) is 0.601. The van der Waals surface area contributed by atoms with Crippen LogP contribution in [0.5, 0.6) is 0 Å². The lowest BCUT2D eigenvalue weighted by Gasteiger charge is -2.19. The number of aryl methyl sites for hydroxylation is 1. The molecule has 0 aliphatic carbocycles. The van der Waals surface area contributed by atoms with E-state index in [4.69, 9.17) is 0 Å². The van der Waals surface area contributed by atoms with E-state index in [9.17, 15) is 22.4 Å². The van der Waals surface area contributed by atoms with Crippen molar-refractivity contribution in [1.82, 2.24) is 9.55 Å². The van der Waals surface area contributed by atoms with Crippen LogP contribution in [0.25, 0.3) is 11.0 Å². The molecular weight excluding hydrogens is 364 g/mol. The minimum absolute atomic E-state index is 0.0119. The van der Waals surface area contributed by atoms with Crippen molar-refractivity contribution in [3.63, 3.8) is 0 Å². The second-order valence-corrected chi connectivity index (χ2v) is 8.83. The number of fused-ring (bicyclic) bond motifs is 1. The summed E-state index contributed by atoms with van der Waals surface area (Å²) in [5.41, 5.74) is 0.637. The second kappa shape index (κ2) is 6.15. The average Bonchev–Trinajstić information content (AvgIpc) is 2.90. The molecule has 26 heavy (non-hydrogen) atoms. The van der Waals surface area contributed by atoms with E-state index >= 15 is 0 Å². The number of sulfone groups is 1. The Labute approximate surface area is 150 Å². The van der Waals surface area contributed by atoms with Crippen molar-refractivity contribution in [2.45, 2.75) is 31.4 Å². The molecule has 140 valence electrons. The van der Waals surface area contributed by atoms with Crippen molar-refractivity contribution in [2.75, 3.05) is 5.75 Å². The van der Waals surface area contributed by atoms with Crippen molar-refractivity contribution in [1.29, 1.82) is 0 Å². The number of benzene rings is 1. The summed E-state index contributed by atoms with van der Waals surface area (Å²) in [5.74, 6) is -2.97. The Kier molecular flexibility index (Phi) is 4.38. The predicted octanol–water partition coefficient (Wildman–Crippen LogP) is 2.71. The maximum atomic E-state index is 13.6. The van der Waals surface area contributed by atoms with E-state index in [0.29, 0.717) is 10.3 Å². The molecule has 0 amide bonds. The van der Waals surface area contributed by atoms with Gasteiger partial charge in [-0.15, -0.1) is 0 Å². The van der Waals surface area contributed by atoms with Crippen LogP contribution in [0, 0.1) is 5.21 Å². The topological polar surface area (TPSA) is 78.0 Å². The Balaban J connectivity index is 2.23. The van der Waals surface area contributed by atoms with Gasteiger partial charge >= 0.3 is 0 Å².